The van der Waals surface area contributed by atoms with Crippen molar-refractivity contribution in [1.82, 2.24) is 0 Å². The molecule has 0 aliphatic carbocycles. The lowest BCUT2D eigenvalue weighted by Gasteiger charge is -2.19. The van der Waals surface area contributed by atoms with Crippen LogP contribution in [-0.4, -0.2) is 27.0 Å². The van der Waals surface area contributed by atoms with Gasteiger partial charge in [0.05, 0.1) is 6.10 Å². The summed E-state index contributed by atoms with van der Waals surface area (Å²) in [5.74, 6) is -0.879. The molecule has 126 valence electrons. The first kappa shape index (κ1) is 19.3. The molecular weight excluding hydrogens is 330 g/mol. The zero-order valence-corrected chi connectivity index (χ0v) is 14.9. The minimum atomic E-state index is -4.34. The summed E-state index contributed by atoms with van der Waals surface area (Å²) in [6, 6.07) is 4.01. The van der Waals surface area contributed by atoms with Gasteiger partial charge in [-0.25, -0.2) is 4.39 Å². The Hall–Kier alpha value is -0.750. The number of benzene rings is 1. The van der Waals surface area contributed by atoms with Gasteiger partial charge in [0, 0.05) is 6.16 Å². The molecule has 0 saturated carbocycles. The van der Waals surface area contributed by atoms with Crippen LogP contribution in [0.4, 0.5) is 4.39 Å². The molecule has 0 spiro atoms. The highest BCUT2D eigenvalue weighted by atomic mass is 32.2. The Morgan fingerprint density at radius 1 is 1.27 bits per heavy atom. The molecule has 22 heavy (non-hydrogen) atoms. The van der Waals surface area contributed by atoms with E-state index in [-0.39, 0.29) is 12.3 Å². The van der Waals surface area contributed by atoms with Crippen molar-refractivity contribution < 1.29 is 26.1 Å². The summed E-state index contributed by atoms with van der Waals surface area (Å²) in [6.45, 7) is 6.73. The molecule has 0 aliphatic heterocycles. The average molecular weight is 352 g/mol. The van der Waals surface area contributed by atoms with Crippen molar-refractivity contribution in [3.63, 3.8) is 0 Å². The summed E-state index contributed by atoms with van der Waals surface area (Å²) in [7, 11) is -7.58. The number of halogens is 1. The zero-order chi connectivity index (χ0) is 17.0. The van der Waals surface area contributed by atoms with E-state index >= 15 is 0 Å². The maximum Gasteiger partial charge on any atom is 0.300 e. The van der Waals surface area contributed by atoms with Gasteiger partial charge in [0.25, 0.3) is 0 Å². The highest BCUT2D eigenvalue weighted by Crippen LogP contribution is 2.48. The van der Waals surface area contributed by atoms with E-state index in [4.69, 9.17) is 8.71 Å². The average Bonchev–Trinajstić information content (AvgIpc) is 2.44. The topological polar surface area (TPSA) is 69.7 Å². The summed E-state index contributed by atoms with van der Waals surface area (Å²) in [4.78, 5) is -0.496. The highest BCUT2D eigenvalue weighted by Gasteiger charge is 2.29. The molecule has 0 saturated heterocycles. The molecular formula is C14H22FO5PS. The van der Waals surface area contributed by atoms with E-state index in [0.717, 1.165) is 6.07 Å². The molecule has 0 aliphatic rings. The molecule has 0 radical (unpaired) electrons. The molecule has 0 amide bonds. The Morgan fingerprint density at radius 2 is 1.91 bits per heavy atom. The number of rotatable bonds is 8. The third-order valence-electron chi connectivity index (χ3n) is 2.97. The molecule has 1 aromatic rings. The van der Waals surface area contributed by atoms with Gasteiger partial charge in [-0.15, -0.1) is 0 Å². The van der Waals surface area contributed by atoms with Crippen molar-refractivity contribution in [2.45, 2.75) is 45.1 Å². The summed E-state index contributed by atoms with van der Waals surface area (Å²) in [5.41, 5.74) is 0.316. The Balaban J connectivity index is 3.05. The molecule has 0 N–H and O–H groups in total. The fourth-order valence-corrected chi connectivity index (χ4v) is 5.22. The fraction of sp³-hybridized carbons (Fsp3) is 0.571. The van der Waals surface area contributed by atoms with Gasteiger partial charge in [-0.2, -0.15) is 8.42 Å². The lowest BCUT2D eigenvalue weighted by atomic mass is 10.2. The molecule has 0 aromatic heterocycles. The summed E-state index contributed by atoms with van der Waals surface area (Å²) in [5, 5.41) is 0. The Bertz CT molecular complexity index is 657. The third-order valence-corrected chi connectivity index (χ3v) is 6.82. The van der Waals surface area contributed by atoms with E-state index in [1.165, 1.54) is 12.1 Å². The van der Waals surface area contributed by atoms with E-state index in [0.29, 0.717) is 12.0 Å². The second-order valence-electron chi connectivity index (χ2n) is 5.07. The molecule has 5 nitrogen and oxygen atoms in total. The van der Waals surface area contributed by atoms with Crippen LogP contribution in [0.15, 0.2) is 23.1 Å². The van der Waals surface area contributed by atoms with Gasteiger partial charge in [-0.05, 0) is 31.9 Å². The quantitative estimate of drug-likeness (QED) is 0.526. The standard InChI is InChI=1S/C14H22FO5PS/c1-5-12-8-7-9-13(15)14(12)22(17,18)19-10-21(16,6-2)20-11(3)4/h7-9,11H,5-6,10H2,1-4H3. The third kappa shape index (κ3) is 4.88. The maximum absolute atomic E-state index is 13.9. The largest absolute Gasteiger partial charge is 0.324 e. The van der Waals surface area contributed by atoms with Crippen molar-refractivity contribution in [1.29, 1.82) is 0 Å². The Labute approximate surface area is 131 Å². The van der Waals surface area contributed by atoms with Gasteiger partial charge < -0.3 is 4.52 Å². The van der Waals surface area contributed by atoms with E-state index in [1.54, 1.807) is 27.7 Å². The van der Waals surface area contributed by atoms with Gasteiger partial charge in [-0.3, -0.25) is 8.75 Å². The highest BCUT2D eigenvalue weighted by molar-refractivity contribution is 7.87. The van der Waals surface area contributed by atoms with Gasteiger partial charge in [0.1, 0.15) is 17.1 Å². The zero-order valence-electron chi connectivity index (χ0n) is 13.2. The molecule has 0 fully saturated rings. The Kier molecular flexibility index (Phi) is 6.74. The lowest BCUT2D eigenvalue weighted by Crippen LogP contribution is -2.14. The second-order valence-corrected chi connectivity index (χ2v) is 9.35. The smallest absolute Gasteiger partial charge is 0.300 e. The molecule has 1 aromatic carbocycles. The van der Waals surface area contributed by atoms with Crippen molar-refractivity contribution in [2.24, 2.45) is 0 Å². The van der Waals surface area contributed by atoms with Crippen LogP contribution in [-0.2, 0) is 29.8 Å². The van der Waals surface area contributed by atoms with Gasteiger partial charge in [0.15, 0.2) is 0 Å². The van der Waals surface area contributed by atoms with Crippen LogP contribution in [0.25, 0.3) is 0 Å². The first-order valence-corrected chi connectivity index (χ1v) is 10.5. The number of aryl methyl sites for hydroxylation is 1. The summed E-state index contributed by atoms with van der Waals surface area (Å²) in [6.07, 6.45) is -0.444. The maximum atomic E-state index is 13.9. The predicted molar refractivity (Wildman–Crippen MR) is 83.3 cm³/mol. The van der Waals surface area contributed by atoms with Crippen LogP contribution in [0, 0.1) is 5.82 Å². The van der Waals surface area contributed by atoms with Crippen molar-refractivity contribution in [2.75, 3.05) is 12.5 Å². The van der Waals surface area contributed by atoms with Gasteiger partial charge in [0.2, 0.25) is 7.37 Å². The van der Waals surface area contributed by atoms with E-state index in [2.05, 4.69) is 0 Å². The summed E-state index contributed by atoms with van der Waals surface area (Å²) < 4.78 is 60.9. The van der Waals surface area contributed by atoms with Gasteiger partial charge in [-0.1, -0.05) is 26.0 Å². The monoisotopic (exact) mass is 352 g/mol. The molecule has 1 unspecified atom stereocenters. The Morgan fingerprint density at radius 3 is 2.41 bits per heavy atom. The minimum absolute atomic E-state index is 0.138. The van der Waals surface area contributed by atoms with E-state index in [1.807, 2.05) is 0 Å². The van der Waals surface area contributed by atoms with Crippen LogP contribution >= 0.6 is 7.37 Å². The minimum Gasteiger partial charge on any atom is -0.324 e. The normalized spacial score (nSPS) is 15.0. The van der Waals surface area contributed by atoms with E-state index < -0.39 is 34.5 Å². The van der Waals surface area contributed by atoms with Crippen LogP contribution in [0.2, 0.25) is 0 Å². The first-order valence-electron chi connectivity index (χ1n) is 7.08. The van der Waals surface area contributed by atoms with Crippen LogP contribution < -0.4 is 0 Å². The van der Waals surface area contributed by atoms with Crippen LogP contribution in [0.3, 0.4) is 0 Å². The number of hydrogen-bond donors (Lipinski definition) is 0. The molecule has 0 heterocycles. The predicted octanol–water partition coefficient (Wildman–Crippen LogP) is 3.77. The fourth-order valence-electron chi connectivity index (χ4n) is 1.90. The molecule has 1 atom stereocenters. The van der Waals surface area contributed by atoms with Crippen LogP contribution in [0.1, 0.15) is 33.3 Å². The molecule has 1 rings (SSSR count). The van der Waals surface area contributed by atoms with Crippen molar-refractivity contribution in [3.05, 3.63) is 29.6 Å². The second kappa shape index (κ2) is 7.68. The first-order chi connectivity index (χ1) is 10.1. The molecule has 8 heteroatoms. The lowest BCUT2D eigenvalue weighted by molar-refractivity contribution is 0.227. The number of hydrogen-bond acceptors (Lipinski definition) is 5. The van der Waals surface area contributed by atoms with Gasteiger partial charge >= 0.3 is 10.1 Å². The SMILES string of the molecule is CCc1cccc(F)c1S(=O)(=O)OCP(=O)(CC)OC(C)C. The summed E-state index contributed by atoms with van der Waals surface area (Å²) >= 11 is 0. The van der Waals surface area contributed by atoms with Crippen LogP contribution in [0.5, 0.6) is 0 Å². The van der Waals surface area contributed by atoms with Crippen molar-refractivity contribution in [3.8, 4) is 0 Å². The van der Waals surface area contributed by atoms with Crippen molar-refractivity contribution >= 4 is 17.5 Å². The van der Waals surface area contributed by atoms with E-state index in [9.17, 15) is 17.4 Å². The molecule has 0 bridgehead atoms.